The first-order valence-electron chi connectivity index (χ1n) is 4.81. The third kappa shape index (κ3) is 4.00. The molecule has 0 aromatic heterocycles. The van der Waals surface area contributed by atoms with Gasteiger partial charge in [0.05, 0.1) is 6.54 Å². The van der Waals surface area contributed by atoms with Crippen LogP contribution in [0.3, 0.4) is 0 Å². The van der Waals surface area contributed by atoms with Gasteiger partial charge < -0.3 is 5.73 Å². The fourth-order valence-corrected chi connectivity index (χ4v) is 1.77. The average molecular weight is 192 g/mol. The fourth-order valence-electron chi connectivity index (χ4n) is 1.77. The first kappa shape index (κ1) is 10.9. The highest BCUT2D eigenvalue weighted by molar-refractivity contribution is 4.75. The van der Waals surface area contributed by atoms with Gasteiger partial charge in [0.2, 0.25) is 0 Å². The topological polar surface area (TPSA) is 29.3 Å². The number of likely N-dealkylation sites (tertiary alicyclic amines) is 1. The SMILES string of the molecule is CC(F)(F)CN1CCC(CN)CC1. The molecule has 78 valence electrons. The lowest BCUT2D eigenvalue weighted by atomic mass is 9.97. The van der Waals surface area contributed by atoms with Gasteiger partial charge in [-0.05, 0) is 38.4 Å². The number of rotatable bonds is 3. The van der Waals surface area contributed by atoms with Gasteiger partial charge in [0.1, 0.15) is 0 Å². The Kier molecular flexibility index (Phi) is 3.62. The molecule has 0 atom stereocenters. The molecule has 0 saturated carbocycles. The van der Waals surface area contributed by atoms with E-state index in [1.54, 1.807) is 0 Å². The molecule has 1 saturated heterocycles. The first-order valence-corrected chi connectivity index (χ1v) is 4.81. The van der Waals surface area contributed by atoms with Gasteiger partial charge in [-0.1, -0.05) is 0 Å². The fraction of sp³-hybridized carbons (Fsp3) is 1.00. The van der Waals surface area contributed by atoms with Gasteiger partial charge in [0.25, 0.3) is 5.92 Å². The Hall–Kier alpha value is -0.220. The van der Waals surface area contributed by atoms with Crippen molar-refractivity contribution in [3.8, 4) is 0 Å². The van der Waals surface area contributed by atoms with E-state index in [1.807, 2.05) is 4.90 Å². The van der Waals surface area contributed by atoms with Gasteiger partial charge in [-0.25, -0.2) is 8.78 Å². The molecule has 1 rings (SSSR count). The monoisotopic (exact) mass is 192 g/mol. The second-order valence-electron chi connectivity index (χ2n) is 4.03. The van der Waals surface area contributed by atoms with Crippen LogP contribution in [-0.4, -0.2) is 37.0 Å². The zero-order chi connectivity index (χ0) is 9.90. The summed E-state index contributed by atoms with van der Waals surface area (Å²) in [6, 6.07) is 0. The smallest absolute Gasteiger partial charge is 0.257 e. The summed E-state index contributed by atoms with van der Waals surface area (Å²) in [5.41, 5.74) is 5.51. The molecule has 0 aromatic rings. The minimum atomic E-state index is -2.56. The lowest BCUT2D eigenvalue weighted by molar-refractivity contribution is -0.0219. The molecule has 0 bridgehead atoms. The van der Waals surface area contributed by atoms with E-state index in [2.05, 4.69) is 0 Å². The number of alkyl halides is 2. The van der Waals surface area contributed by atoms with Crippen molar-refractivity contribution in [2.75, 3.05) is 26.2 Å². The van der Waals surface area contributed by atoms with Crippen molar-refractivity contribution >= 4 is 0 Å². The molecule has 1 aliphatic rings. The van der Waals surface area contributed by atoms with Crippen molar-refractivity contribution < 1.29 is 8.78 Å². The van der Waals surface area contributed by atoms with Crippen LogP contribution >= 0.6 is 0 Å². The quantitative estimate of drug-likeness (QED) is 0.730. The Morgan fingerprint density at radius 1 is 1.38 bits per heavy atom. The van der Waals surface area contributed by atoms with Crippen LogP contribution in [0.2, 0.25) is 0 Å². The van der Waals surface area contributed by atoms with E-state index in [1.165, 1.54) is 0 Å². The molecule has 1 aliphatic heterocycles. The van der Waals surface area contributed by atoms with E-state index >= 15 is 0 Å². The summed E-state index contributed by atoms with van der Waals surface area (Å²) in [5, 5.41) is 0. The van der Waals surface area contributed by atoms with E-state index in [4.69, 9.17) is 5.73 Å². The lowest BCUT2D eigenvalue weighted by Gasteiger charge is -2.32. The lowest BCUT2D eigenvalue weighted by Crippen LogP contribution is -2.41. The maximum absolute atomic E-state index is 12.6. The van der Waals surface area contributed by atoms with Crippen molar-refractivity contribution in [2.24, 2.45) is 11.7 Å². The highest BCUT2D eigenvalue weighted by atomic mass is 19.3. The zero-order valence-electron chi connectivity index (χ0n) is 8.10. The number of halogens is 2. The summed E-state index contributed by atoms with van der Waals surface area (Å²) >= 11 is 0. The number of nitrogens with two attached hydrogens (primary N) is 1. The Labute approximate surface area is 78.1 Å². The number of hydrogen-bond donors (Lipinski definition) is 1. The molecular weight excluding hydrogens is 174 g/mol. The van der Waals surface area contributed by atoms with Crippen LogP contribution in [0.15, 0.2) is 0 Å². The van der Waals surface area contributed by atoms with Crippen LogP contribution in [0.1, 0.15) is 19.8 Å². The first-order chi connectivity index (χ1) is 6.01. The number of hydrogen-bond acceptors (Lipinski definition) is 2. The Bertz CT molecular complexity index is 148. The van der Waals surface area contributed by atoms with Crippen LogP contribution in [-0.2, 0) is 0 Å². The maximum Gasteiger partial charge on any atom is 0.257 e. The molecule has 0 radical (unpaired) electrons. The minimum Gasteiger partial charge on any atom is -0.330 e. The van der Waals surface area contributed by atoms with Gasteiger partial charge in [-0.3, -0.25) is 4.90 Å². The van der Waals surface area contributed by atoms with Gasteiger partial charge in [-0.15, -0.1) is 0 Å². The second-order valence-corrected chi connectivity index (χ2v) is 4.03. The van der Waals surface area contributed by atoms with Crippen molar-refractivity contribution in [1.29, 1.82) is 0 Å². The molecule has 1 fully saturated rings. The van der Waals surface area contributed by atoms with Crippen LogP contribution < -0.4 is 5.73 Å². The van der Waals surface area contributed by atoms with E-state index in [9.17, 15) is 8.78 Å². The summed E-state index contributed by atoms with van der Waals surface area (Å²) in [5.74, 6) is -2.02. The summed E-state index contributed by atoms with van der Waals surface area (Å²) in [4.78, 5) is 1.83. The third-order valence-corrected chi connectivity index (χ3v) is 2.54. The molecule has 0 amide bonds. The van der Waals surface area contributed by atoms with Crippen molar-refractivity contribution in [2.45, 2.75) is 25.7 Å². The van der Waals surface area contributed by atoms with E-state index < -0.39 is 5.92 Å². The number of piperidine rings is 1. The van der Waals surface area contributed by atoms with Crippen LogP contribution in [0.5, 0.6) is 0 Å². The predicted octanol–water partition coefficient (Wildman–Crippen LogP) is 1.31. The molecule has 13 heavy (non-hydrogen) atoms. The minimum absolute atomic E-state index is 0.107. The standard InChI is InChI=1S/C9H18F2N2/c1-9(10,11)7-13-4-2-8(6-12)3-5-13/h8H,2-7,12H2,1H3. The van der Waals surface area contributed by atoms with Crippen molar-refractivity contribution in [3.05, 3.63) is 0 Å². The summed E-state index contributed by atoms with van der Waals surface area (Å²) in [6.07, 6.45) is 1.93. The van der Waals surface area contributed by atoms with Crippen LogP contribution in [0, 0.1) is 5.92 Å². The third-order valence-electron chi connectivity index (χ3n) is 2.54. The summed E-state index contributed by atoms with van der Waals surface area (Å²) < 4.78 is 25.2. The molecule has 1 heterocycles. The van der Waals surface area contributed by atoms with Crippen molar-refractivity contribution in [3.63, 3.8) is 0 Å². The highest BCUT2D eigenvalue weighted by Gasteiger charge is 2.27. The maximum atomic E-state index is 12.6. The molecule has 0 spiro atoms. The summed E-state index contributed by atoms with van der Waals surface area (Å²) in [6.45, 7) is 3.10. The second kappa shape index (κ2) is 4.33. The molecular formula is C9H18F2N2. The Balaban J connectivity index is 2.25. The van der Waals surface area contributed by atoms with E-state index in [0.29, 0.717) is 12.5 Å². The largest absolute Gasteiger partial charge is 0.330 e. The molecule has 0 aliphatic carbocycles. The number of nitrogens with zero attached hydrogens (tertiary/aromatic N) is 1. The van der Waals surface area contributed by atoms with Gasteiger partial charge in [-0.2, -0.15) is 0 Å². The van der Waals surface area contributed by atoms with E-state index in [-0.39, 0.29) is 6.54 Å². The molecule has 0 unspecified atom stereocenters. The van der Waals surface area contributed by atoms with Crippen molar-refractivity contribution in [1.82, 2.24) is 4.90 Å². The zero-order valence-corrected chi connectivity index (χ0v) is 8.10. The van der Waals surface area contributed by atoms with Gasteiger partial charge in [0.15, 0.2) is 0 Å². The Morgan fingerprint density at radius 2 is 1.92 bits per heavy atom. The molecule has 2 nitrogen and oxygen atoms in total. The van der Waals surface area contributed by atoms with Crippen LogP contribution in [0.4, 0.5) is 8.78 Å². The molecule has 0 aromatic carbocycles. The molecule has 2 N–H and O–H groups in total. The summed E-state index contributed by atoms with van der Waals surface area (Å²) in [7, 11) is 0. The highest BCUT2D eigenvalue weighted by Crippen LogP contribution is 2.20. The van der Waals surface area contributed by atoms with E-state index in [0.717, 1.165) is 32.9 Å². The van der Waals surface area contributed by atoms with Crippen LogP contribution in [0.25, 0.3) is 0 Å². The van der Waals surface area contributed by atoms with Gasteiger partial charge in [0, 0.05) is 6.92 Å². The Morgan fingerprint density at radius 3 is 2.31 bits per heavy atom. The normalized spacial score (nSPS) is 22.2. The van der Waals surface area contributed by atoms with Gasteiger partial charge >= 0.3 is 0 Å². The predicted molar refractivity (Wildman–Crippen MR) is 48.8 cm³/mol. The molecule has 4 heteroatoms. The average Bonchev–Trinajstić information content (AvgIpc) is 2.03.